The Labute approximate surface area is 139 Å². The molecule has 0 aromatic carbocycles. The van der Waals surface area contributed by atoms with Crippen molar-refractivity contribution in [2.24, 2.45) is 22.7 Å². The molecule has 0 N–H and O–H groups in total. The van der Waals surface area contributed by atoms with Crippen LogP contribution in [-0.2, 0) is 19.1 Å². The van der Waals surface area contributed by atoms with Gasteiger partial charge in [-0.25, -0.2) is 0 Å². The normalized spacial score (nSPS) is 26.7. The Balaban J connectivity index is 1.86. The van der Waals surface area contributed by atoms with Gasteiger partial charge in [0.1, 0.15) is 18.6 Å². The molecule has 2 aliphatic rings. The van der Waals surface area contributed by atoms with Crippen LogP contribution in [0.2, 0.25) is 0 Å². The van der Waals surface area contributed by atoms with Crippen LogP contribution in [0.5, 0.6) is 0 Å². The monoisotopic (exact) mass is 322 g/mol. The van der Waals surface area contributed by atoms with Crippen molar-refractivity contribution < 1.29 is 19.1 Å². The van der Waals surface area contributed by atoms with E-state index in [9.17, 15) is 9.59 Å². The molecule has 4 heteroatoms. The van der Waals surface area contributed by atoms with Gasteiger partial charge in [-0.1, -0.05) is 53.7 Å². The number of ether oxygens (including phenoxy) is 2. The lowest BCUT2D eigenvalue weighted by atomic mass is 9.74. The van der Waals surface area contributed by atoms with Crippen molar-refractivity contribution in [2.45, 2.75) is 73.0 Å². The zero-order valence-electron chi connectivity index (χ0n) is 15.2. The lowest BCUT2D eigenvalue weighted by molar-refractivity contribution is -0.170. The first-order valence-corrected chi connectivity index (χ1v) is 8.54. The Morgan fingerprint density at radius 3 is 2.04 bits per heavy atom. The van der Waals surface area contributed by atoms with Gasteiger partial charge in [0.15, 0.2) is 0 Å². The first-order chi connectivity index (χ1) is 10.5. The molecule has 4 nitrogen and oxygen atoms in total. The first-order valence-electron chi connectivity index (χ1n) is 8.54. The van der Waals surface area contributed by atoms with E-state index in [1.165, 1.54) is 0 Å². The summed E-state index contributed by atoms with van der Waals surface area (Å²) in [5.41, 5.74) is -0.375. The molecule has 0 aliphatic heterocycles. The van der Waals surface area contributed by atoms with Crippen molar-refractivity contribution in [3.63, 3.8) is 0 Å². The fraction of sp³-hybridized carbons (Fsp3) is 0.789. The molecule has 3 atom stereocenters. The second-order valence-electron chi connectivity index (χ2n) is 9.09. The quantitative estimate of drug-likeness (QED) is 0.448. The van der Waals surface area contributed by atoms with E-state index in [0.29, 0.717) is 11.8 Å². The van der Waals surface area contributed by atoms with E-state index in [0.717, 1.165) is 12.8 Å². The molecule has 0 radical (unpaired) electrons. The zero-order valence-corrected chi connectivity index (χ0v) is 15.2. The van der Waals surface area contributed by atoms with Crippen LogP contribution in [0, 0.1) is 22.7 Å². The summed E-state index contributed by atoms with van der Waals surface area (Å²) in [5.74, 6) is -0.0983. The molecule has 23 heavy (non-hydrogen) atoms. The van der Waals surface area contributed by atoms with Crippen LogP contribution in [0.1, 0.15) is 60.8 Å². The topological polar surface area (TPSA) is 52.6 Å². The average molecular weight is 322 g/mol. The molecule has 1 fully saturated rings. The van der Waals surface area contributed by atoms with E-state index in [1.807, 2.05) is 41.5 Å². The second-order valence-corrected chi connectivity index (χ2v) is 9.09. The Morgan fingerprint density at radius 1 is 1.00 bits per heavy atom. The molecular formula is C19H30O4. The Kier molecular flexibility index (Phi) is 4.93. The van der Waals surface area contributed by atoms with E-state index >= 15 is 0 Å². The molecule has 0 amide bonds. The van der Waals surface area contributed by atoms with Gasteiger partial charge >= 0.3 is 11.9 Å². The highest BCUT2D eigenvalue weighted by molar-refractivity contribution is 5.91. The van der Waals surface area contributed by atoms with E-state index in [1.54, 1.807) is 0 Å². The number of hydrogen-bond donors (Lipinski definition) is 0. The van der Waals surface area contributed by atoms with Crippen LogP contribution in [0.3, 0.4) is 0 Å². The number of esters is 2. The van der Waals surface area contributed by atoms with Gasteiger partial charge in [-0.15, -0.1) is 0 Å². The summed E-state index contributed by atoms with van der Waals surface area (Å²) in [7, 11) is 0. The number of allylic oxidation sites excluding steroid dienone is 1. The standard InChI is InChI=1S/C19H30O4/c1-18(2,3)17(19(4,5)6)23-16(21)11-15(20)22-14-10-12-7-8-13(14)9-12/h7-8,12-14,17H,9-11H2,1-6H3. The van der Waals surface area contributed by atoms with Crippen molar-refractivity contribution in [1.29, 1.82) is 0 Å². The number of carbonyl (C=O) groups excluding carboxylic acids is 2. The third-order valence-electron chi connectivity index (χ3n) is 4.61. The molecule has 2 aliphatic carbocycles. The van der Waals surface area contributed by atoms with Crippen LogP contribution in [0.15, 0.2) is 12.2 Å². The van der Waals surface area contributed by atoms with Crippen molar-refractivity contribution in [2.75, 3.05) is 0 Å². The smallest absolute Gasteiger partial charge is 0.317 e. The van der Waals surface area contributed by atoms with Crippen LogP contribution in [0.25, 0.3) is 0 Å². The molecular weight excluding hydrogens is 292 g/mol. The van der Waals surface area contributed by atoms with Gasteiger partial charge in [-0.05, 0) is 29.6 Å². The molecule has 3 unspecified atom stereocenters. The van der Waals surface area contributed by atoms with Crippen LogP contribution in [-0.4, -0.2) is 24.1 Å². The summed E-state index contributed by atoms with van der Waals surface area (Å²) in [6.07, 6.45) is 5.64. The summed E-state index contributed by atoms with van der Waals surface area (Å²) in [6, 6.07) is 0. The molecule has 130 valence electrons. The minimum Gasteiger partial charge on any atom is -0.461 e. The van der Waals surface area contributed by atoms with E-state index in [2.05, 4.69) is 12.2 Å². The fourth-order valence-electron chi connectivity index (χ4n) is 4.02. The van der Waals surface area contributed by atoms with E-state index in [4.69, 9.17) is 9.47 Å². The summed E-state index contributed by atoms with van der Waals surface area (Å²) in [4.78, 5) is 24.2. The number of carbonyl (C=O) groups is 2. The van der Waals surface area contributed by atoms with Crippen LogP contribution < -0.4 is 0 Å². The Hall–Kier alpha value is -1.32. The molecule has 1 saturated carbocycles. The van der Waals surface area contributed by atoms with Gasteiger partial charge in [0, 0.05) is 5.92 Å². The SMILES string of the molecule is CC(C)(C)C(OC(=O)CC(=O)OC1CC2C=CC1C2)C(C)(C)C. The number of hydrogen-bond acceptors (Lipinski definition) is 4. The van der Waals surface area contributed by atoms with Gasteiger partial charge < -0.3 is 9.47 Å². The van der Waals surface area contributed by atoms with Gasteiger partial charge in [-0.2, -0.15) is 0 Å². The second kappa shape index (κ2) is 6.29. The zero-order chi connectivity index (χ0) is 17.4. The first kappa shape index (κ1) is 18.0. The van der Waals surface area contributed by atoms with E-state index in [-0.39, 0.29) is 29.5 Å². The fourth-order valence-corrected chi connectivity index (χ4v) is 4.02. The lowest BCUT2D eigenvalue weighted by Crippen LogP contribution is -2.42. The highest BCUT2D eigenvalue weighted by Gasteiger charge is 2.40. The third kappa shape index (κ3) is 4.58. The van der Waals surface area contributed by atoms with Gasteiger partial charge in [0.2, 0.25) is 0 Å². The maximum Gasteiger partial charge on any atom is 0.317 e. The minimum absolute atomic E-state index is 0.0636. The highest BCUT2D eigenvalue weighted by Crippen LogP contribution is 2.41. The molecule has 0 aromatic rings. The number of fused-ring (bicyclic) bond motifs is 2. The van der Waals surface area contributed by atoms with Gasteiger partial charge in [0.25, 0.3) is 0 Å². The highest BCUT2D eigenvalue weighted by atomic mass is 16.6. The largest absolute Gasteiger partial charge is 0.461 e. The maximum atomic E-state index is 12.2. The van der Waals surface area contributed by atoms with Crippen molar-refractivity contribution in [3.8, 4) is 0 Å². The van der Waals surface area contributed by atoms with E-state index < -0.39 is 11.9 Å². The lowest BCUT2D eigenvalue weighted by Gasteiger charge is -2.39. The molecule has 0 aromatic heterocycles. The van der Waals surface area contributed by atoms with Crippen molar-refractivity contribution >= 4 is 11.9 Å². The molecule has 2 rings (SSSR count). The Morgan fingerprint density at radius 2 is 1.61 bits per heavy atom. The van der Waals surface area contributed by atoms with Crippen LogP contribution in [0.4, 0.5) is 0 Å². The predicted octanol–water partition coefficient (Wildman–Crippen LogP) is 3.89. The third-order valence-corrected chi connectivity index (χ3v) is 4.61. The predicted molar refractivity (Wildman–Crippen MR) is 88.6 cm³/mol. The summed E-state index contributed by atoms with van der Waals surface area (Å²) < 4.78 is 11.1. The maximum absolute atomic E-state index is 12.2. The minimum atomic E-state index is -0.497. The molecule has 2 bridgehead atoms. The van der Waals surface area contributed by atoms with Crippen molar-refractivity contribution in [1.82, 2.24) is 0 Å². The van der Waals surface area contributed by atoms with Gasteiger partial charge in [-0.3, -0.25) is 9.59 Å². The molecule has 0 spiro atoms. The van der Waals surface area contributed by atoms with Crippen molar-refractivity contribution in [3.05, 3.63) is 12.2 Å². The number of rotatable bonds is 4. The summed E-state index contributed by atoms with van der Waals surface area (Å²) >= 11 is 0. The molecule has 0 saturated heterocycles. The molecule has 0 heterocycles. The van der Waals surface area contributed by atoms with Gasteiger partial charge in [0.05, 0.1) is 0 Å². The average Bonchev–Trinajstić information content (AvgIpc) is 2.95. The Bertz CT molecular complexity index is 478. The summed E-state index contributed by atoms with van der Waals surface area (Å²) in [5, 5.41) is 0. The van der Waals surface area contributed by atoms with Crippen LogP contribution >= 0.6 is 0 Å². The summed E-state index contributed by atoms with van der Waals surface area (Å²) in [6.45, 7) is 12.2.